The molecule has 0 aliphatic heterocycles. The van der Waals surface area contributed by atoms with Crippen LogP contribution in [0.1, 0.15) is 51.3 Å². The first-order valence-electron chi connectivity index (χ1n) is 6.14. The lowest BCUT2D eigenvalue weighted by Crippen LogP contribution is -4.05. The number of hydrogen-bond donors (Lipinski definition) is 0. The molecule has 20 heavy (non-hydrogen) atoms. The Balaban J connectivity index is 0.000000796. The van der Waals surface area contributed by atoms with E-state index in [1.165, 1.54) is 14.6 Å². The molecular formula is C14H23IO3S2. The molecule has 1 heterocycles. The monoisotopic (exact) mass is 430 g/mol. The van der Waals surface area contributed by atoms with Crippen molar-refractivity contribution in [2.24, 2.45) is 0 Å². The van der Waals surface area contributed by atoms with Crippen LogP contribution in [0.15, 0.2) is 17.0 Å². The summed E-state index contributed by atoms with van der Waals surface area (Å²) in [6.07, 6.45) is 2.15. The first-order chi connectivity index (χ1) is 8.87. The maximum Gasteiger partial charge on any atom is 0.282 e. The van der Waals surface area contributed by atoms with Gasteiger partial charge in [0.1, 0.15) is 0 Å². The predicted octanol–water partition coefficient (Wildman–Crippen LogP) is -1.22. The Kier molecular flexibility index (Phi) is 8.46. The third-order valence-corrected chi connectivity index (χ3v) is 5.09. The number of halogens is 1. The van der Waals surface area contributed by atoms with Crippen molar-refractivity contribution >= 4 is 23.1 Å². The summed E-state index contributed by atoms with van der Waals surface area (Å²) < 4.78 is 25.7. The number of thioether (sulfide) groups is 1. The molecule has 1 rings (SSSR count). The molecule has 0 spiro atoms. The molecule has 1 aromatic rings. The van der Waals surface area contributed by atoms with Gasteiger partial charge in [0.2, 0.25) is 21.1 Å². The van der Waals surface area contributed by atoms with Gasteiger partial charge in [-0.2, -0.15) is 0 Å². The second-order valence-electron chi connectivity index (χ2n) is 6.41. The fourth-order valence-electron chi connectivity index (χ4n) is 1.33. The smallest absolute Gasteiger partial charge is 0.282 e. The maximum absolute atomic E-state index is 8.57. The van der Waals surface area contributed by atoms with E-state index >= 15 is 0 Å². The summed E-state index contributed by atoms with van der Waals surface area (Å²) in [5.41, 5.74) is 0.493. The summed E-state index contributed by atoms with van der Waals surface area (Å²) in [4.78, 5) is 4.34. The van der Waals surface area contributed by atoms with Gasteiger partial charge in [-0.3, -0.25) is 0 Å². The summed E-state index contributed by atoms with van der Waals surface area (Å²) in [5, 5.41) is 0. The second-order valence-corrected chi connectivity index (χ2v) is 9.46. The van der Waals surface area contributed by atoms with Crippen molar-refractivity contribution in [1.29, 1.82) is 0 Å². The molecule has 3 nitrogen and oxygen atoms in total. The van der Waals surface area contributed by atoms with Gasteiger partial charge in [0, 0.05) is 27.9 Å². The zero-order chi connectivity index (χ0) is 16.1. The van der Waals surface area contributed by atoms with Crippen LogP contribution in [0, 0.1) is 0 Å². The Morgan fingerprint density at radius 3 is 1.40 bits per heavy atom. The Morgan fingerprint density at radius 1 is 0.900 bits per heavy atom. The Labute approximate surface area is 139 Å². The SMILES string of the molecule is CSc1cc(C(C)(C)C)[s+]c(C(C)(C)C)c1.[O-][I+2]([O-])[O-]. The summed E-state index contributed by atoms with van der Waals surface area (Å²) in [5.74, 6) is 0. The molecule has 116 valence electrons. The number of rotatable bonds is 1. The van der Waals surface area contributed by atoms with Crippen LogP contribution in [0.4, 0.5) is 0 Å². The predicted molar refractivity (Wildman–Crippen MR) is 77.9 cm³/mol. The van der Waals surface area contributed by atoms with Gasteiger partial charge in [0.25, 0.3) is 21.1 Å². The summed E-state index contributed by atoms with van der Waals surface area (Å²) >= 11 is -0.225. The molecule has 0 bridgehead atoms. The van der Waals surface area contributed by atoms with Crippen molar-refractivity contribution < 1.29 is 31.4 Å². The average molecular weight is 430 g/mol. The molecule has 0 fully saturated rings. The van der Waals surface area contributed by atoms with Crippen LogP contribution in [0.3, 0.4) is 0 Å². The van der Waals surface area contributed by atoms with E-state index < -0.39 is 21.1 Å². The van der Waals surface area contributed by atoms with Crippen LogP contribution in [-0.2, 0) is 10.8 Å². The van der Waals surface area contributed by atoms with Crippen molar-refractivity contribution in [2.75, 3.05) is 6.26 Å². The van der Waals surface area contributed by atoms with Gasteiger partial charge in [-0.15, -0.1) is 11.8 Å². The van der Waals surface area contributed by atoms with Crippen LogP contribution >= 0.6 is 23.1 Å². The van der Waals surface area contributed by atoms with Crippen LogP contribution in [-0.4, -0.2) is 6.26 Å². The molecule has 0 atom stereocenters. The largest absolute Gasteiger partial charge is 0.427 e. The molecule has 0 radical (unpaired) electrons. The van der Waals surface area contributed by atoms with Crippen LogP contribution < -0.4 is 31.4 Å². The lowest BCUT2D eigenvalue weighted by Gasteiger charge is -2.15. The fraction of sp³-hybridized carbons (Fsp3) is 0.643. The second kappa shape index (κ2) is 8.24. The van der Waals surface area contributed by atoms with Crippen molar-refractivity contribution in [1.82, 2.24) is 0 Å². The molecule has 0 amide bonds. The quantitative estimate of drug-likeness (QED) is 0.318. The highest BCUT2D eigenvalue weighted by Gasteiger charge is 2.31. The van der Waals surface area contributed by atoms with E-state index in [0.717, 1.165) is 0 Å². The molecule has 0 aromatic carbocycles. The normalized spacial score (nSPS) is 12.2. The topological polar surface area (TPSA) is 69.2 Å². The molecule has 1 aromatic heterocycles. The summed E-state index contributed by atoms with van der Waals surface area (Å²) in [6.45, 7) is 13.7. The molecule has 0 saturated carbocycles. The minimum atomic E-state index is -4.01. The standard InChI is InChI=1S/C14H23S2.IO3/c1-13(2,3)11-8-10(15-7)9-12(16-11)14(4,5)6;2-1(3)4/h8-9H,1-7H3;/q+1;-1. The lowest BCUT2D eigenvalue weighted by molar-refractivity contribution is -1.73. The van der Waals surface area contributed by atoms with Gasteiger partial charge < -0.3 is 10.3 Å². The van der Waals surface area contributed by atoms with E-state index in [0.29, 0.717) is 0 Å². The van der Waals surface area contributed by atoms with E-state index in [4.69, 9.17) is 10.3 Å². The van der Waals surface area contributed by atoms with E-state index in [9.17, 15) is 0 Å². The van der Waals surface area contributed by atoms with Gasteiger partial charge in [-0.1, -0.05) is 41.5 Å². The Morgan fingerprint density at radius 2 is 1.20 bits per heavy atom. The Bertz CT molecular complexity index is 388. The van der Waals surface area contributed by atoms with Crippen molar-refractivity contribution in [2.45, 2.75) is 57.3 Å². The maximum atomic E-state index is 8.57. The van der Waals surface area contributed by atoms with Gasteiger partial charge in [-0.25, -0.2) is 0 Å². The highest BCUT2D eigenvalue weighted by atomic mass is 127. The van der Waals surface area contributed by atoms with Crippen LogP contribution in [0.25, 0.3) is 0 Å². The molecule has 0 saturated heterocycles. The van der Waals surface area contributed by atoms with Gasteiger partial charge in [0.05, 0.1) is 0 Å². The van der Waals surface area contributed by atoms with Gasteiger partial charge in [-0.05, 0) is 6.26 Å². The molecule has 0 unspecified atom stereocenters. The first kappa shape index (κ1) is 20.5. The molecular weight excluding hydrogens is 407 g/mol. The van der Waals surface area contributed by atoms with E-state index in [2.05, 4.69) is 59.9 Å². The summed E-state index contributed by atoms with van der Waals surface area (Å²) in [7, 11) is 0. The van der Waals surface area contributed by atoms with Gasteiger partial charge in [0.15, 0.2) is 0 Å². The molecule has 0 aliphatic carbocycles. The van der Waals surface area contributed by atoms with E-state index in [1.807, 2.05) is 23.1 Å². The minimum absolute atomic E-state index is 0.246. The Hall–Kier alpha value is 0.530. The zero-order valence-electron chi connectivity index (χ0n) is 13.1. The molecule has 0 aliphatic rings. The van der Waals surface area contributed by atoms with E-state index in [-0.39, 0.29) is 10.8 Å². The van der Waals surface area contributed by atoms with Crippen LogP contribution in [0.5, 0.6) is 0 Å². The molecule has 0 N–H and O–H groups in total. The lowest BCUT2D eigenvalue weighted by atomic mass is 9.93. The van der Waals surface area contributed by atoms with Crippen molar-refractivity contribution in [3.8, 4) is 0 Å². The highest BCUT2D eigenvalue weighted by Crippen LogP contribution is 2.37. The average Bonchev–Trinajstić information content (AvgIpc) is 2.25. The van der Waals surface area contributed by atoms with Crippen LogP contribution in [0.2, 0.25) is 0 Å². The van der Waals surface area contributed by atoms with Crippen molar-refractivity contribution in [3.63, 3.8) is 0 Å². The van der Waals surface area contributed by atoms with Crippen molar-refractivity contribution in [3.05, 3.63) is 21.9 Å². The first-order valence-corrected chi connectivity index (χ1v) is 10.8. The zero-order valence-corrected chi connectivity index (χ0v) is 16.9. The van der Waals surface area contributed by atoms with Gasteiger partial charge >= 0.3 is 0 Å². The third kappa shape index (κ3) is 8.09. The molecule has 6 heteroatoms. The summed E-state index contributed by atoms with van der Waals surface area (Å²) in [6, 6.07) is 4.68. The third-order valence-electron chi connectivity index (χ3n) is 2.48. The number of hydrogen-bond acceptors (Lipinski definition) is 4. The highest BCUT2D eigenvalue weighted by molar-refractivity contribution is 7.98. The fourth-order valence-corrected chi connectivity index (χ4v) is 3.18. The van der Waals surface area contributed by atoms with E-state index in [1.54, 1.807) is 0 Å². The minimum Gasteiger partial charge on any atom is -0.427 e.